The highest BCUT2D eigenvalue weighted by Crippen LogP contribution is 2.26. The van der Waals surface area contributed by atoms with Crippen LogP contribution >= 0.6 is 11.8 Å². The average Bonchev–Trinajstić information content (AvgIpc) is 3.20. The van der Waals surface area contributed by atoms with E-state index in [2.05, 4.69) is 63.4 Å². The minimum absolute atomic E-state index is 0.140. The van der Waals surface area contributed by atoms with Gasteiger partial charge in [-0.1, -0.05) is 79.1 Å². The number of nitrogens with zero attached hydrogens (tertiary/aromatic N) is 3. The van der Waals surface area contributed by atoms with E-state index in [0.29, 0.717) is 6.54 Å². The molecule has 3 aromatic rings. The normalized spacial score (nSPS) is 14.6. The number of rotatable bonds is 7. The van der Waals surface area contributed by atoms with E-state index in [1.165, 1.54) is 17.5 Å². The van der Waals surface area contributed by atoms with Crippen molar-refractivity contribution in [2.45, 2.75) is 56.5 Å². The average molecular weight is 421 g/mol. The van der Waals surface area contributed by atoms with Crippen LogP contribution < -0.4 is 5.32 Å². The van der Waals surface area contributed by atoms with Crippen molar-refractivity contribution >= 4 is 17.7 Å². The molecule has 1 aliphatic rings. The highest BCUT2D eigenvalue weighted by atomic mass is 32.2. The van der Waals surface area contributed by atoms with Crippen molar-refractivity contribution in [2.75, 3.05) is 0 Å². The van der Waals surface area contributed by atoms with E-state index in [0.717, 1.165) is 48.1 Å². The highest BCUT2D eigenvalue weighted by molar-refractivity contribution is 7.98. The molecule has 6 heteroatoms. The molecule has 1 aromatic heterocycles. The second-order valence-electron chi connectivity index (χ2n) is 7.90. The molecular weight excluding hydrogens is 392 g/mol. The molecule has 30 heavy (non-hydrogen) atoms. The Bertz CT molecular complexity index is 963. The molecular formula is C24H28N4OS. The van der Waals surface area contributed by atoms with Gasteiger partial charge in [0, 0.05) is 17.4 Å². The lowest BCUT2D eigenvalue weighted by atomic mass is 9.89. The molecule has 0 spiro atoms. The largest absolute Gasteiger partial charge is 0.349 e. The van der Waals surface area contributed by atoms with E-state index in [1.807, 2.05) is 18.2 Å². The Labute approximate surface area is 182 Å². The summed E-state index contributed by atoms with van der Waals surface area (Å²) in [7, 11) is 0. The molecule has 0 unspecified atom stereocenters. The Hall–Kier alpha value is -2.60. The van der Waals surface area contributed by atoms with Gasteiger partial charge in [0.25, 0.3) is 0 Å². The van der Waals surface area contributed by atoms with Crippen molar-refractivity contribution in [3.8, 4) is 5.69 Å². The smallest absolute Gasteiger partial charge is 0.223 e. The number of carbonyl (C=O) groups is 1. The summed E-state index contributed by atoms with van der Waals surface area (Å²) in [5.74, 6) is 1.87. The van der Waals surface area contributed by atoms with Crippen molar-refractivity contribution in [2.24, 2.45) is 5.92 Å². The molecule has 1 heterocycles. The lowest BCUT2D eigenvalue weighted by Crippen LogP contribution is -2.32. The SMILES string of the molecule is Cc1ccc(-n2c(CNC(=O)C3CCCCC3)nnc2SCc2ccccc2)cc1. The fraction of sp³-hybridized carbons (Fsp3) is 0.375. The Morgan fingerprint density at radius 1 is 1.03 bits per heavy atom. The van der Waals surface area contributed by atoms with Gasteiger partial charge in [0.1, 0.15) is 0 Å². The number of thioether (sulfide) groups is 1. The zero-order valence-electron chi connectivity index (χ0n) is 17.4. The standard InChI is InChI=1S/C24H28N4OS/c1-18-12-14-21(15-13-18)28-22(16-25-23(29)20-10-6-3-7-11-20)26-27-24(28)30-17-19-8-4-2-5-9-19/h2,4-5,8-9,12-15,20H,3,6-7,10-11,16-17H2,1H3,(H,25,29). The van der Waals surface area contributed by atoms with Crippen LogP contribution in [0.4, 0.5) is 0 Å². The summed E-state index contributed by atoms with van der Waals surface area (Å²) in [4.78, 5) is 12.6. The van der Waals surface area contributed by atoms with Crippen molar-refractivity contribution in [1.29, 1.82) is 0 Å². The van der Waals surface area contributed by atoms with Gasteiger partial charge in [0.05, 0.1) is 6.54 Å². The van der Waals surface area contributed by atoms with Gasteiger partial charge in [0.15, 0.2) is 11.0 Å². The molecule has 1 amide bonds. The van der Waals surface area contributed by atoms with E-state index in [4.69, 9.17) is 0 Å². The number of aryl methyl sites for hydroxylation is 1. The maximum Gasteiger partial charge on any atom is 0.223 e. The second-order valence-corrected chi connectivity index (χ2v) is 8.84. The van der Waals surface area contributed by atoms with Gasteiger partial charge in [-0.2, -0.15) is 0 Å². The molecule has 0 atom stereocenters. The van der Waals surface area contributed by atoms with E-state index in [1.54, 1.807) is 11.8 Å². The fourth-order valence-corrected chi connectivity index (χ4v) is 4.79. The van der Waals surface area contributed by atoms with Crippen LogP contribution in [-0.4, -0.2) is 20.7 Å². The third kappa shape index (κ3) is 5.11. The first-order valence-electron chi connectivity index (χ1n) is 10.7. The molecule has 0 bridgehead atoms. The quantitative estimate of drug-likeness (QED) is 0.543. The van der Waals surface area contributed by atoms with Crippen LogP contribution in [0.2, 0.25) is 0 Å². The molecule has 1 saturated carbocycles. The van der Waals surface area contributed by atoms with Crippen molar-refractivity contribution in [1.82, 2.24) is 20.1 Å². The predicted octanol–water partition coefficient (Wildman–Crippen LogP) is 5.06. The molecule has 156 valence electrons. The predicted molar refractivity (Wildman–Crippen MR) is 121 cm³/mol. The van der Waals surface area contributed by atoms with E-state index in [-0.39, 0.29) is 11.8 Å². The van der Waals surface area contributed by atoms with Gasteiger partial charge >= 0.3 is 0 Å². The van der Waals surface area contributed by atoms with Crippen LogP contribution in [0.5, 0.6) is 0 Å². The third-order valence-corrected chi connectivity index (χ3v) is 6.60. The first kappa shape index (κ1) is 20.7. The van der Waals surface area contributed by atoms with Crippen molar-refractivity contribution in [3.05, 3.63) is 71.5 Å². The summed E-state index contributed by atoms with van der Waals surface area (Å²) in [6.07, 6.45) is 5.53. The Kier molecular flexibility index (Phi) is 6.84. The molecule has 1 aliphatic carbocycles. The van der Waals surface area contributed by atoms with Crippen LogP contribution in [0.1, 0.15) is 49.1 Å². The van der Waals surface area contributed by atoms with E-state index in [9.17, 15) is 4.79 Å². The number of amides is 1. The van der Waals surface area contributed by atoms with Crippen LogP contribution in [-0.2, 0) is 17.1 Å². The molecule has 4 rings (SSSR count). The van der Waals surface area contributed by atoms with Crippen LogP contribution in [0.15, 0.2) is 59.8 Å². The van der Waals surface area contributed by atoms with Crippen LogP contribution in [0.3, 0.4) is 0 Å². The monoisotopic (exact) mass is 420 g/mol. The summed E-state index contributed by atoms with van der Waals surface area (Å²) >= 11 is 1.66. The maximum atomic E-state index is 12.6. The van der Waals surface area contributed by atoms with Crippen molar-refractivity contribution in [3.63, 3.8) is 0 Å². The first-order valence-corrected chi connectivity index (χ1v) is 11.6. The van der Waals surface area contributed by atoms with Crippen molar-refractivity contribution < 1.29 is 4.79 Å². The van der Waals surface area contributed by atoms with Gasteiger partial charge in [-0.25, -0.2) is 0 Å². The van der Waals surface area contributed by atoms with Crippen LogP contribution in [0, 0.1) is 12.8 Å². The van der Waals surface area contributed by atoms with Gasteiger partial charge in [-0.3, -0.25) is 9.36 Å². The molecule has 0 saturated heterocycles. The molecule has 2 aromatic carbocycles. The number of benzene rings is 2. The van der Waals surface area contributed by atoms with Gasteiger partial charge in [0.2, 0.25) is 5.91 Å². The second kappa shape index (κ2) is 9.94. The van der Waals surface area contributed by atoms with Gasteiger partial charge < -0.3 is 5.32 Å². The molecule has 0 aliphatic heterocycles. The minimum atomic E-state index is 0.140. The summed E-state index contributed by atoms with van der Waals surface area (Å²) in [5, 5.41) is 12.8. The van der Waals surface area contributed by atoms with Gasteiger partial charge in [-0.15, -0.1) is 10.2 Å². The number of aromatic nitrogens is 3. The van der Waals surface area contributed by atoms with E-state index >= 15 is 0 Å². The number of carbonyl (C=O) groups excluding carboxylic acids is 1. The molecule has 5 nitrogen and oxygen atoms in total. The number of hydrogen-bond donors (Lipinski definition) is 1. The summed E-state index contributed by atoms with van der Waals surface area (Å²) in [6.45, 7) is 2.47. The minimum Gasteiger partial charge on any atom is -0.349 e. The third-order valence-electron chi connectivity index (χ3n) is 5.60. The lowest BCUT2D eigenvalue weighted by Gasteiger charge is -2.20. The molecule has 0 radical (unpaired) electrons. The Morgan fingerprint density at radius 3 is 2.50 bits per heavy atom. The first-order chi connectivity index (χ1) is 14.7. The maximum absolute atomic E-state index is 12.6. The molecule has 1 fully saturated rings. The lowest BCUT2D eigenvalue weighted by molar-refractivity contribution is -0.126. The van der Waals surface area contributed by atoms with Crippen LogP contribution in [0.25, 0.3) is 5.69 Å². The highest BCUT2D eigenvalue weighted by Gasteiger charge is 2.22. The Balaban J connectivity index is 1.52. The zero-order chi connectivity index (χ0) is 20.8. The number of hydrogen-bond acceptors (Lipinski definition) is 4. The Morgan fingerprint density at radius 2 is 1.77 bits per heavy atom. The van der Waals surface area contributed by atoms with E-state index < -0.39 is 0 Å². The van der Waals surface area contributed by atoms with Gasteiger partial charge in [-0.05, 0) is 37.5 Å². The fourth-order valence-electron chi connectivity index (χ4n) is 3.86. The zero-order valence-corrected chi connectivity index (χ0v) is 18.2. The summed E-state index contributed by atoms with van der Waals surface area (Å²) < 4.78 is 2.06. The summed E-state index contributed by atoms with van der Waals surface area (Å²) in [5.41, 5.74) is 3.47. The number of nitrogens with one attached hydrogen (secondary N) is 1. The summed E-state index contributed by atoms with van der Waals surface area (Å²) in [6, 6.07) is 18.7. The molecule has 1 N–H and O–H groups in total. The topological polar surface area (TPSA) is 59.8 Å².